The molecule has 1 aliphatic carbocycles. The van der Waals surface area contributed by atoms with Crippen molar-refractivity contribution in [2.75, 3.05) is 26.2 Å². The first-order valence-electron chi connectivity index (χ1n) is 7.04. The Kier molecular flexibility index (Phi) is 7.84. The van der Waals surface area contributed by atoms with Crippen LogP contribution in [0, 0.1) is 5.92 Å². The van der Waals surface area contributed by atoms with Gasteiger partial charge >= 0.3 is 0 Å². The molecule has 0 radical (unpaired) electrons. The van der Waals surface area contributed by atoms with Gasteiger partial charge in [-0.15, -0.1) is 24.8 Å². The lowest BCUT2D eigenvalue weighted by Gasteiger charge is -2.36. The number of rotatable bonds is 4. The highest BCUT2D eigenvalue weighted by molar-refractivity contribution is 9.10. The summed E-state index contributed by atoms with van der Waals surface area (Å²) in [5.74, 6) is 0.969. The average Bonchev–Trinajstić information content (AvgIpc) is 3.22. The Bertz CT molecular complexity index is 407. The van der Waals surface area contributed by atoms with E-state index in [1.807, 2.05) is 0 Å². The van der Waals surface area contributed by atoms with Gasteiger partial charge in [0.05, 0.1) is 0 Å². The lowest BCUT2D eigenvalue weighted by molar-refractivity contribution is 0.160. The molecule has 2 aliphatic rings. The maximum absolute atomic E-state index is 3.73. The number of piperazine rings is 1. The van der Waals surface area contributed by atoms with Crippen LogP contribution < -0.4 is 5.32 Å². The molecule has 1 N–H and O–H groups in total. The number of nitrogens with zero attached hydrogens (tertiary/aromatic N) is 1. The summed E-state index contributed by atoms with van der Waals surface area (Å²) < 4.78 is 1.27. The van der Waals surface area contributed by atoms with Gasteiger partial charge in [0.25, 0.3) is 0 Å². The van der Waals surface area contributed by atoms with E-state index >= 15 is 0 Å². The Morgan fingerprint density at radius 2 is 1.80 bits per heavy atom. The molecule has 2 nitrogen and oxygen atoms in total. The maximum Gasteiger partial charge on any atom is 0.0363 e. The maximum atomic E-state index is 3.73. The highest BCUT2D eigenvalue weighted by Crippen LogP contribution is 2.41. The van der Waals surface area contributed by atoms with Crippen molar-refractivity contribution < 1.29 is 0 Å². The van der Waals surface area contributed by atoms with Gasteiger partial charge in [0.15, 0.2) is 0 Å². The first-order valence-corrected chi connectivity index (χ1v) is 7.83. The summed E-state index contributed by atoms with van der Waals surface area (Å²) in [4.78, 5) is 2.66. The van der Waals surface area contributed by atoms with Gasteiger partial charge in [0, 0.05) is 36.7 Å². The zero-order chi connectivity index (χ0) is 12.4. The molecule has 0 bridgehead atoms. The van der Waals surface area contributed by atoms with E-state index in [0.29, 0.717) is 6.04 Å². The van der Waals surface area contributed by atoms with Crippen molar-refractivity contribution in [2.45, 2.75) is 25.3 Å². The van der Waals surface area contributed by atoms with Crippen LogP contribution in [0.5, 0.6) is 0 Å². The second-order valence-corrected chi connectivity index (χ2v) is 6.36. The van der Waals surface area contributed by atoms with E-state index in [0.717, 1.165) is 19.0 Å². The molecule has 1 atom stereocenters. The molecule has 114 valence electrons. The van der Waals surface area contributed by atoms with Crippen LogP contribution in [0.3, 0.4) is 0 Å². The molecule has 3 rings (SSSR count). The summed E-state index contributed by atoms with van der Waals surface area (Å²) in [6, 6.07) is 9.35. The second-order valence-electron chi connectivity index (χ2n) is 5.50. The minimum atomic E-state index is 0. The minimum absolute atomic E-state index is 0. The van der Waals surface area contributed by atoms with Crippen molar-refractivity contribution in [1.29, 1.82) is 0 Å². The van der Waals surface area contributed by atoms with Gasteiger partial charge in [0.2, 0.25) is 0 Å². The summed E-state index contributed by atoms with van der Waals surface area (Å²) in [7, 11) is 0. The van der Waals surface area contributed by atoms with Gasteiger partial charge in [-0.25, -0.2) is 0 Å². The number of benzene rings is 1. The monoisotopic (exact) mass is 380 g/mol. The fraction of sp³-hybridized carbons (Fsp3) is 0.600. The predicted molar refractivity (Wildman–Crippen MR) is 93.2 cm³/mol. The van der Waals surface area contributed by atoms with Crippen LogP contribution in [0.4, 0.5) is 0 Å². The third-order valence-corrected chi connectivity index (χ3v) is 4.83. The number of halogens is 3. The molecular formula is C15H23BrCl2N2. The Hall–Kier alpha value is 0.200. The largest absolute Gasteiger partial charge is 0.314 e. The van der Waals surface area contributed by atoms with Gasteiger partial charge in [-0.05, 0) is 24.0 Å². The van der Waals surface area contributed by atoms with E-state index in [-0.39, 0.29) is 24.8 Å². The molecule has 0 amide bonds. The molecule has 1 saturated carbocycles. The third-order valence-electron chi connectivity index (χ3n) is 4.11. The summed E-state index contributed by atoms with van der Waals surface area (Å²) >= 11 is 3.73. The molecule has 1 heterocycles. The van der Waals surface area contributed by atoms with Crippen LogP contribution in [0.2, 0.25) is 0 Å². The SMILES string of the molecule is Brc1ccccc1[C@H](CC1CC1)N1CCNCC1.Cl.Cl. The fourth-order valence-corrected chi connectivity index (χ4v) is 3.43. The molecule has 0 unspecified atom stereocenters. The van der Waals surface area contributed by atoms with E-state index in [1.165, 1.54) is 42.4 Å². The molecule has 0 spiro atoms. The molecule has 1 aromatic carbocycles. The lowest BCUT2D eigenvalue weighted by Crippen LogP contribution is -2.45. The second kappa shape index (κ2) is 8.60. The van der Waals surface area contributed by atoms with E-state index in [9.17, 15) is 0 Å². The molecule has 1 saturated heterocycles. The van der Waals surface area contributed by atoms with Crippen molar-refractivity contribution in [3.63, 3.8) is 0 Å². The molecule has 5 heteroatoms. The lowest BCUT2D eigenvalue weighted by atomic mass is 9.99. The molecular weight excluding hydrogens is 359 g/mol. The van der Waals surface area contributed by atoms with Crippen LogP contribution >= 0.6 is 40.7 Å². The molecule has 20 heavy (non-hydrogen) atoms. The van der Waals surface area contributed by atoms with Crippen molar-refractivity contribution in [3.05, 3.63) is 34.3 Å². The van der Waals surface area contributed by atoms with E-state index < -0.39 is 0 Å². The van der Waals surface area contributed by atoms with Gasteiger partial charge in [-0.3, -0.25) is 4.90 Å². The molecule has 1 aromatic rings. The predicted octanol–water partition coefficient (Wildman–Crippen LogP) is 4.04. The van der Waals surface area contributed by atoms with E-state index in [2.05, 4.69) is 50.4 Å². The van der Waals surface area contributed by atoms with Gasteiger partial charge in [0.1, 0.15) is 0 Å². The van der Waals surface area contributed by atoms with E-state index in [4.69, 9.17) is 0 Å². The average molecular weight is 382 g/mol. The highest BCUT2D eigenvalue weighted by Gasteiger charge is 2.31. The summed E-state index contributed by atoms with van der Waals surface area (Å²) in [5, 5.41) is 3.45. The van der Waals surface area contributed by atoms with Crippen molar-refractivity contribution in [2.24, 2.45) is 5.92 Å². The molecule has 2 fully saturated rings. The number of hydrogen-bond acceptors (Lipinski definition) is 2. The van der Waals surface area contributed by atoms with Gasteiger partial charge in [-0.1, -0.05) is 47.0 Å². The summed E-state index contributed by atoms with van der Waals surface area (Å²) in [6.45, 7) is 4.62. The first-order chi connectivity index (χ1) is 8.84. The normalized spacial score (nSPS) is 20.6. The van der Waals surface area contributed by atoms with Crippen molar-refractivity contribution in [1.82, 2.24) is 10.2 Å². The Labute approximate surface area is 142 Å². The summed E-state index contributed by atoms with van der Waals surface area (Å²) in [5.41, 5.74) is 1.48. The Balaban J connectivity index is 0.000001000. The fourth-order valence-electron chi connectivity index (χ4n) is 2.88. The third kappa shape index (κ3) is 4.60. The zero-order valence-electron chi connectivity index (χ0n) is 11.6. The molecule has 1 aliphatic heterocycles. The smallest absolute Gasteiger partial charge is 0.0363 e. The van der Waals surface area contributed by atoms with Gasteiger partial charge < -0.3 is 5.32 Å². The quantitative estimate of drug-likeness (QED) is 0.846. The Morgan fingerprint density at radius 3 is 2.40 bits per heavy atom. The minimum Gasteiger partial charge on any atom is -0.314 e. The first kappa shape index (κ1) is 18.2. The van der Waals surface area contributed by atoms with Crippen LogP contribution in [0.1, 0.15) is 30.9 Å². The highest BCUT2D eigenvalue weighted by atomic mass is 79.9. The Morgan fingerprint density at radius 1 is 1.15 bits per heavy atom. The zero-order valence-corrected chi connectivity index (χ0v) is 14.8. The number of hydrogen-bond donors (Lipinski definition) is 1. The van der Waals surface area contributed by atoms with Crippen molar-refractivity contribution in [3.8, 4) is 0 Å². The number of nitrogens with one attached hydrogen (secondary N) is 1. The standard InChI is InChI=1S/C15H21BrN2.2ClH/c16-14-4-2-1-3-13(14)15(11-12-5-6-12)18-9-7-17-8-10-18;;/h1-4,12,15,17H,5-11H2;2*1H/t15-;;/m0../s1. The van der Waals surface area contributed by atoms with Gasteiger partial charge in [-0.2, -0.15) is 0 Å². The topological polar surface area (TPSA) is 15.3 Å². The van der Waals surface area contributed by atoms with E-state index in [1.54, 1.807) is 0 Å². The van der Waals surface area contributed by atoms with Crippen LogP contribution in [-0.4, -0.2) is 31.1 Å². The van der Waals surface area contributed by atoms with Crippen molar-refractivity contribution >= 4 is 40.7 Å². The molecule has 0 aromatic heterocycles. The van der Waals surface area contributed by atoms with Crippen LogP contribution in [-0.2, 0) is 0 Å². The summed E-state index contributed by atoms with van der Waals surface area (Å²) in [6.07, 6.45) is 4.21. The van der Waals surface area contributed by atoms with Crippen LogP contribution in [0.15, 0.2) is 28.7 Å². The van der Waals surface area contributed by atoms with Crippen LogP contribution in [0.25, 0.3) is 0 Å².